The molecular weight excluding hydrogens is 472 g/mol. The number of carbonyl (C=O) groups excluding carboxylic acids is 1. The molecule has 4 nitrogen and oxygen atoms in total. The number of rotatable bonds is 13. The van der Waals surface area contributed by atoms with Crippen LogP contribution in [0.25, 0.3) is 11.1 Å². The van der Waals surface area contributed by atoms with E-state index in [1.165, 1.54) is 22.3 Å². The fourth-order valence-corrected chi connectivity index (χ4v) is 4.63. The van der Waals surface area contributed by atoms with Crippen molar-refractivity contribution in [2.24, 2.45) is 0 Å². The van der Waals surface area contributed by atoms with E-state index in [2.05, 4.69) is 78.9 Å². The normalized spacial score (nSPS) is 12.5. The van der Waals surface area contributed by atoms with Crippen molar-refractivity contribution in [1.29, 1.82) is 0 Å². The van der Waals surface area contributed by atoms with Gasteiger partial charge in [-0.25, -0.2) is 4.79 Å². The molecule has 0 aromatic heterocycles. The molecule has 0 fully saturated rings. The number of esters is 1. The minimum absolute atomic E-state index is 0.233. The zero-order valence-electron chi connectivity index (χ0n) is 22.2. The van der Waals surface area contributed by atoms with E-state index in [9.17, 15) is 4.79 Å². The lowest BCUT2D eigenvalue weighted by molar-refractivity contribution is -0.156. The summed E-state index contributed by atoms with van der Waals surface area (Å²) in [6.07, 6.45) is 0.736. The highest BCUT2D eigenvalue weighted by Crippen LogP contribution is 2.30. The molecule has 0 aliphatic heterocycles. The standard InChI is InChI=1S/C34H36O4/c1-3-36-33(34(35)37-4-2)25-26-15-21-31(22-16-26)38-24-23-32(29-13-9-6-10-14-29)30-19-17-28(18-20-30)27-11-7-5-8-12-27/h5-22,32-33H,3-4,23-25H2,1-2H3. The van der Waals surface area contributed by atoms with Crippen molar-refractivity contribution in [1.82, 2.24) is 0 Å². The van der Waals surface area contributed by atoms with Crippen LogP contribution in [0, 0.1) is 0 Å². The minimum atomic E-state index is -0.591. The van der Waals surface area contributed by atoms with Gasteiger partial charge in [0.25, 0.3) is 0 Å². The maximum absolute atomic E-state index is 12.2. The Balaban J connectivity index is 1.39. The lowest BCUT2D eigenvalue weighted by Crippen LogP contribution is -2.28. The first kappa shape index (κ1) is 27.2. The Morgan fingerprint density at radius 3 is 1.92 bits per heavy atom. The van der Waals surface area contributed by atoms with Crippen LogP contribution in [0.2, 0.25) is 0 Å². The first-order valence-electron chi connectivity index (χ1n) is 13.4. The van der Waals surface area contributed by atoms with Crippen molar-refractivity contribution >= 4 is 5.97 Å². The van der Waals surface area contributed by atoms with Gasteiger partial charge in [0.1, 0.15) is 5.75 Å². The summed E-state index contributed by atoms with van der Waals surface area (Å²) in [6, 6.07) is 37.8. The van der Waals surface area contributed by atoms with Gasteiger partial charge in [-0.3, -0.25) is 0 Å². The molecule has 0 aliphatic rings. The quantitative estimate of drug-likeness (QED) is 0.176. The summed E-state index contributed by atoms with van der Waals surface area (Å²) in [4.78, 5) is 12.2. The van der Waals surface area contributed by atoms with Crippen LogP contribution < -0.4 is 4.74 Å². The molecule has 0 N–H and O–H groups in total. The van der Waals surface area contributed by atoms with Crippen LogP contribution in [0.5, 0.6) is 5.75 Å². The Morgan fingerprint density at radius 1 is 0.684 bits per heavy atom. The second-order valence-electron chi connectivity index (χ2n) is 9.13. The third-order valence-electron chi connectivity index (χ3n) is 6.56. The predicted molar refractivity (Wildman–Crippen MR) is 152 cm³/mol. The molecule has 4 aromatic rings. The molecule has 0 radical (unpaired) electrons. The summed E-state index contributed by atoms with van der Waals surface area (Å²) in [7, 11) is 0. The molecule has 0 saturated heterocycles. The molecule has 4 aromatic carbocycles. The third kappa shape index (κ3) is 7.56. The van der Waals surface area contributed by atoms with Crippen molar-refractivity contribution in [3.8, 4) is 16.9 Å². The average molecular weight is 509 g/mol. The van der Waals surface area contributed by atoms with Gasteiger partial charge in [-0.1, -0.05) is 97.1 Å². The van der Waals surface area contributed by atoms with Gasteiger partial charge in [0, 0.05) is 18.9 Å². The molecule has 38 heavy (non-hydrogen) atoms. The maximum atomic E-state index is 12.2. The average Bonchev–Trinajstić information content (AvgIpc) is 2.97. The van der Waals surface area contributed by atoms with Gasteiger partial charge in [-0.2, -0.15) is 0 Å². The smallest absolute Gasteiger partial charge is 0.335 e. The van der Waals surface area contributed by atoms with Gasteiger partial charge in [-0.05, 0) is 60.2 Å². The van der Waals surface area contributed by atoms with Crippen molar-refractivity contribution in [3.63, 3.8) is 0 Å². The van der Waals surface area contributed by atoms with Crippen molar-refractivity contribution in [3.05, 3.63) is 126 Å². The van der Waals surface area contributed by atoms with E-state index in [1.54, 1.807) is 6.92 Å². The number of hydrogen-bond acceptors (Lipinski definition) is 4. The monoisotopic (exact) mass is 508 g/mol. The van der Waals surface area contributed by atoms with E-state index in [1.807, 2.05) is 37.3 Å². The maximum Gasteiger partial charge on any atom is 0.335 e. The molecule has 2 unspecified atom stereocenters. The second-order valence-corrected chi connectivity index (χ2v) is 9.13. The summed E-state index contributed by atoms with van der Waals surface area (Å²) < 4.78 is 16.9. The minimum Gasteiger partial charge on any atom is -0.494 e. The van der Waals surface area contributed by atoms with Crippen LogP contribution in [0.4, 0.5) is 0 Å². The molecule has 4 rings (SSSR count). The highest BCUT2D eigenvalue weighted by atomic mass is 16.6. The molecule has 196 valence electrons. The van der Waals surface area contributed by atoms with Crippen LogP contribution in [0.15, 0.2) is 109 Å². The Bertz CT molecular complexity index is 1240. The molecule has 0 saturated carbocycles. The molecule has 0 aliphatic carbocycles. The molecular formula is C34H36O4. The molecule has 4 heteroatoms. The summed E-state index contributed by atoms with van der Waals surface area (Å²) in [5, 5.41) is 0. The molecule has 2 atom stereocenters. The van der Waals surface area contributed by atoms with Crippen molar-refractivity contribution < 1.29 is 19.0 Å². The second kappa shape index (κ2) is 14.2. The van der Waals surface area contributed by atoms with Gasteiger partial charge in [0.2, 0.25) is 0 Å². The fourth-order valence-electron chi connectivity index (χ4n) is 4.63. The van der Waals surface area contributed by atoms with Crippen LogP contribution in [-0.4, -0.2) is 31.9 Å². The van der Waals surface area contributed by atoms with E-state index in [0.29, 0.717) is 26.2 Å². The number of benzene rings is 4. The summed E-state index contributed by atoms with van der Waals surface area (Å²) >= 11 is 0. The van der Waals surface area contributed by atoms with Gasteiger partial charge >= 0.3 is 5.97 Å². The lowest BCUT2D eigenvalue weighted by Gasteiger charge is -2.19. The SMILES string of the molecule is CCOC(=O)C(Cc1ccc(OCCC(c2ccccc2)c2ccc(-c3ccccc3)cc2)cc1)OCC. The first-order chi connectivity index (χ1) is 18.7. The van der Waals surface area contributed by atoms with Crippen LogP contribution in [0.1, 0.15) is 42.9 Å². The summed E-state index contributed by atoms with van der Waals surface area (Å²) in [5.41, 5.74) is 5.99. The highest BCUT2D eigenvalue weighted by molar-refractivity contribution is 5.75. The topological polar surface area (TPSA) is 44.8 Å². The number of hydrogen-bond donors (Lipinski definition) is 0. The zero-order valence-corrected chi connectivity index (χ0v) is 22.2. The molecule has 0 bridgehead atoms. The fraction of sp³-hybridized carbons (Fsp3) is 0.265. The summed E-state index contributed by atoms with van der Waals surface area (Å²) in [6.45, 7) is 5.07. The van der Waals surface area contributed by atoms with Crippen molar-refractivity contribution in [2.45, 2.75) is 38.7 Å². The summed E-state index contributed by atoms with van der Waals surface area (Å²) in [5.74, 6) is 0.722. The Labute approximate surface area is 226 Å². The van der Waals surface area contributed by atoms with E-state index in [-0.39, 0.29) is 11.9 Å². The number of carbonyl (C=O) groups is 1. The van der Waals surface area contributed by atoms with Crippen LogP contribution in [0.3, 0.4) is 0 Å². The zero-order chi connectivity index (χ0) is 26.6. The Morgan fingerprint density at radius 2 is 1.29 bits per heavy atom. The molecule has 0 amide bonds. The van der Waals surface area contributed by atoms with E-state index in [4.69, 9.17) is 14.2 Å². The first-order valence-corrected chi connectivity index (χ1v) is 13.4. The molecule has 0 spiro atoms. The van der Waals surface area contributed by atoms with Gasteiger partial charge < -0.3 is 14.2 Å². The predicted octanol–water partition coefficient (Wildman–Crippen LogP) is 7.47. The van der Waals surface area contributed by atoms with Crippen LogP contribution in [-0.2, 0) is 20.7 Å². The Kier molecular flexibility index (Phi) is 10.1. The molecule has 0 heterocycles. The van der Waals surface area contributed by atoms with E-state index in [0.717, 1.165) is 17.7 Å². The third-order valence-corrected chi connectivity index (χ3v) is 6.56. The van der Waals surface area contributed by atoms with Crippen molar-refractivity contribution in [2.75, 3.05) is 19.8 Å². The van der Waals surface area contributed by atoms with Crippen LogP contribution >= 0.6 is 0 Å². The van der Waals surface area contributed by atoms with Gasteiger partial charge in [-0.15, -0.1) is 0 Å². The lowest BCUT2D eigenvalue weighted by atomic mass is 9.88. The highest BCUT2D eigenvalue weighted by Gasteiger charge is 2.20. The number of ether oxygens (including phenoxy) is 3. The van der Waals surface area contributed by atoms with E-state index >= 15 is 0 Å². The largest absolute Gasteiger partial charge is 0.494 e. The van der Waals surface area contributed by atoms with Gasteiger partial charge in [0.15, 0.2) is 6.10 Å². The van der Waals surface area contributed by atoms with Gasteiger partial charge in [0.05, 0.1) is 13.2 Å². The van der Waals surface area contributed by atoms with E-state index < -0.39 is 6.10 Å². The Hall–Kier alpha value is -3.89.